The summed E-state index contributed by atoms with van der Waals surface area (Å²) in [6.07, 6.45) is -4.28. The van der Waals surface area contributed by atoms with Crippen LogP contribution in [0.4, 0.5) is 23.2 Å². The highest BCUT2D eigenvalue weighted by molar-refractivity contribution is 7.99. The zero-order valence-corrected chi connectivity index (χ0v) is 17.9. The average Bonchev–Trinajstić information content (AvgIpc) is 2.68. The molecule has 0 radical (unpaired) electrons. The van der Waals surface area contributed by atoms with Crippen molar-refractivity contribution in [2.45, 2.75) is 18.0 Å². The summed E-state index contributed by atoms with van der Waals surface area (Å²) >= 11 is 6.51. The topological polar surface area (TPSA) is 23.6 Å². The molecule has 30 heavy (non-hydrogen) atoms. The van der Waals surface area contributed by atoms with E-state index in [2.05, 4.69) is 0 Å². The maximum absolute atomic E-state index is 14.5. The maximum atomic E-state index is 14.5. The third-order valence-electron chi connectivity index (χ3n) is 4.88. The van der Waals surface area contributed by atoms with Crippen molar-refractivity contribution in [1.29, 1.82) is 0 Å². The lowest BCUT2D eigenvalue weighted by atomic mass is 10.1. The molecule has 0 unspecified atom stereocenters. The monoisotopic (exact) mass is 460 g/mol. The van der Waals surface area contributed by atoms with Gasteiger partial charge in [0.15, 0.2) is 5.78 Å². The first kappa shape index (κ1) is 22.9. The van der Waals surface area contributed by atoms with Crippen LogP contribution in [0.3, 0.4) is 0 Å². The molecule has 0 saturated carbocycles. The molecule has 1 aliphatic rings. The molecule has 3 rings (SSSR count). The molecule has 1 aliphatic heterocycles. The lowest BCUT2D eigenvalue weighted by Crippen LogP contribution is -2.48. The number of carbonyl (C=O) groups is 1. The number of Topliss-reactive ketones (excluding diaryl/α,β-unsaturated/α-hetero) is 1. The van der Waals surface area contributed by atoms with Crippen LogP contribution < -0.4 is 4.90 Å². The van der Waals surface area contributed by atoms with Crippen LogP contribution in [0, 0.1) is 12.7 Å². The Kier molecular flexibility index (Phi) is 7.31. The third kappa shape index (κ3) is 6.12. The van der Waals surface area contributed by atoms with Crippen molar-refractivity contribution in [1.82, 2.24) is 4.90 Å². The van der Waals surface area contributed by atoms with Crippen LogP contribution in [-0.2, 0) is 0 Å². The van der Waals surface area contributed by atoms with Crippen LogP contribution >= 0.6 is 23.4 Å². The number of halogens is 5. The molecule has 0 N–H and O–H groups in total. The van der Waals surface area contributed by atoms with Gasteiger partial charge < -0.3 is 4.90 Å². The summed E-state index contributed by atoms with van der Waals surface area (Å²) in [4.78, 5) is 16.6. The van der Waals surface area contributed by atoms with Crippen molar-refractivity contribution in [2.75, 3.05) is 43.4 Å². The zero-order valence-electron chi connectivity index (χ0n) is 16.3. The van der Waals surface area contributed by atoms with Crippen molar-refractivity contribution < 1.29 is 22.4 Å². The predicted octanol–water partition coefficient (Wildman–Crippen LogP) is 5.45. The van der Waals surface area contributed by atoms with Crippen LogP contribution in [0.15, 0.2) is 41.3 Å². The minimum absolute atomic E-state index is 0.0209. The number of thioether (sulfide) groups is 1. The van der Waals surface area contributed by atoms with E-state index in [1.165, 1.54) is 12.1 Å². The number of aryl methyl sites for hydroxylation is 1. The number of ketones is 1. The Balaban J connectivity index is 1.61. The molecule has 1 fully saturated rings. The first-order valence-electron chi connectivity index (χ1n) is 9.38. The molecule has 1 saturated heterocycles. The molecule has 0 amide bonds. The van der Waals surface area contributed by atoms with Gasteiger partial charge in [-0.25, -0.2) is 4.39 Å². The molecule has 0 atom stereocenters. The van der Waals surface area contributed by atoms with Gasteiger partial charge in [0, 0.05) is 41.7 Å². The first-order valence-corrected chi connectivity index (χ1v) is 10.7. The highest BCUT2D eigenvalue weighted by atomic mass is 35.5. The SMILES string of the molecule is Cc1cc(F)c(N2CCN(CC(=O)c3ccc(Cl)cc3)CC2)cc1SCC(F)(F)F. The van der Waals surface area contributed by atoms with Gasteiger partial charge in [0.25, 0.3) is 0 Å². The van der Waals surface area contributed by atoms with Gasteiger partial charge in [-0.1, -0.05) is 11.6 Å². The Hall–Kier alpha value is -1.77. The maximum Gasteiger partial charge on any atom is 0.398 e. The summed E-state index contributed by atoms with van der Waals surface area (Å²) in [6, 6.07) is 9.48. The second-order valence-corrected chi connectivity index (χ2v) is 8.62. The fraction of sp³-hybridized carbons (Fsp3) is 0.381. The van der Waals surface area contributed by atoms with E-state index < -0.39 is 17.7 Å². The second-order valence-electron chi connectivity index (χ2n) is 7.17. The van der Waals surface area contributed by atoms with E-state index in [1.807, 2.05) is 9.80 Å². The predicted molar refractivity (Wildman–Crippen MR) is 112 cm³/mol. The van der Waals surface area contributed by atoms with Crippen molar-refractivity contribution in [3.8, 4) is 0 Å². The molecule has 0 aromatic heterocycles. The van der Waals surface area contributed by atoms with Crippen LogP contribution in [0.2, 0.25) is 5.02 Å². The molecule has 3 nitrogen and oxygen atoms in total. The van der Waals surface area contributed by atoms with E-state index in [-0.39, 0.29) is 12.3 Å². The van der Waals surface area contributed by atoms with E-state index >= 15 is 0 Å². The van der Waals surface area contributed by atoms with E-state index in [9.17, 15) is 22.4 Å². The Bertz CT molecular complexity index is 897. The molecule has 9 heteroatoms. The Morgan fingerprint density at radius 3 is 2.33 bits per heavy atom. The van der Waals surface area contributed by atoms with Crippen molar-refractivity contribution in [2.24, 2.45) is 0 Å². The lowest BCUT2D eigenvalue weighted by molar-refractivity contribution is -0.105. The molecule has 2 aromatic rings. The number of hydrogen-bond acceptors (Lipinski definition) is 4. The quantitative estimate of drug-likeness (QED) is 0.325. The number of carbonyl (C=O) groups excluding carboxylic acids is 1. The van der Waals surface area contributed by atoms with Gasteiger partial charge in [0.2, 0.25) is 0 Å². The highest BCUT2D eigenvalue weighted by Crippen LogP contribution is 2.34. The van der Waals surface area contributed by atoms with Gasteiger partial charge in [0.1, 0.15) is 5.82 Å². The van der Waals surface area contributed by atoms with E-state index in [4.69, 9.17) is 11.6 Å². The van der Waals surface area contributed by atoms with Crippen LogP contribution in [0.1, 0.15) is 15.9 Å². The molecule has 0 spiro atoms. The van der Waals surface area contributed by atoms with Crippen LogP contribution in [0.5, 0.6) is 0 Å². The Labute approximate surface area is 182 Å². The van der Waals surface area contributed by atoms with Gasteiger partial charge >= 0.3 is 6.18 Å². The summed E-state index contributed by atoms with van der Waals surface area (Å²) in [5.74, 6) is -1.48. The van der Waals surface area contributed by atoms with Gasteiger partial charge in [-0.15, -0.1) is 11.8 Å². The Morgan fingerprint density at radius 1 is 1.10 bits per heavy atom. The summed E-state index contributed by atoms with van der Waals surface area (Å²) in [6.45, 7) is 3.92. The lowest BCUT2D eigenvalue weighted by Gasteiger charge is -2.36. The average molecular weight is 461 g/mol. The number of rotatable bonds is 6. The highest BCUT2D eigenvalue weighted by Gasteiger charge is 2.28. The fourth-order valence-electron chi connectivity index (χ4n) is 3.28. The molecular formula is C21H21ClF4N2OS. The van der Waals surface area contributed by atoms with Gasteiger partial charge in [-0.05, 0) is 48.9 Å². The Morgan fingerprint density at radius 2 is 1.73 bits per heavy atom. The molecule has 0 bridgehead atoms. The summed E-state index contributed by atoms with van der Waals surface area (Å²) in [5, 5.41) is 0.563. The number of benzene rings is 2. The first-order chi connectivity index (χ1) is 14.1. The standard InChI is InChI=1S/C21H21ClF4N2OS/c1-14-10-17(23)18(11-20(14)30-13-21(24,25)26)28-8-6-27(7-9-28)12-19(29)15-2-4-16(22)5-3-15/h2-5,10-11H,6-9,12-13H2,1H3. The van der Waals surface area contributed by atoms with Gasteiger partial charge in [-0.2, -0.15) is 13.2 Å². The number of nitrogens with zero attached hydrogens (tertiary/aromatic N) is 2. The largest absolute Gasteiger partial charge is 0.398 e. The molecule has 2 aromatic carbocycles. The van der Waals surface area contributed by atoms with Crippen molar-refractivity contribution >= 4 is 34.8 Å². The van der Waals surface area contributed by atoms with Gasteiger partial charge in [0.05, 0.1) is 18.0 Å². The van der Waals surface area contributed by atoms with E-state index in [0.717, 1.165) is 0 Å². The van der Waals surface area contributed by atoms with Crippen LogP contribution in [0.25, 0.3) is 0 Å². The summed E-state index contributed by atoms with van der Waals surface area (Å²) < 4.78 is 52.2. The van der Waals surface area contributed by atoms with Crippen LogP contribution in [-0.4, -0.2) is 55.3 Å². The molecule has 1 heterocycles. The van der Waals surface area contributed by atoms with Crippen molar-refractivity contribution in [3.05, 3.63) is 58.4 Å². The molecule has 162 valence electrons. The summed E-state index contributed by atoms with van der Waals surface area (Å²) in [7, 11) is 0. The number of piperazine rings is 1. The molecule has 0 aliphatic carbocycles. The number of hydrogen-bond donors (Lipinski definition) is 0. The minimum atomic E-state index is -4.28. The fourth-order valence-corrected chi connectivity index (χ4v) is 4.20. The zero-order chi connectivity index (χ0) is 21.9. The number of anilines is 1. The molecular weight excluding hydrogens is 440 g/mol. The van der Waals surface area contributed by atoms with E-state index in [1.54, 1.807) is 31.2 Å². The summed E-state index contributed by atoms with van der Waals surface area (Å²) in [5.41, 5.74) is 1.37. The third-order valence-corrected chi connectivity index (χ3v) is 6.36. The second kappa shape index (κ2) is 9.58. The van der Waals surface area contributed by atoms with E-state index in [0.29, 0.717) is 64.7 Å². The van der Waals surface area contributed by atoms with Crippen molar-refractivity contribution in [3.63, 3.8) is 0 Å². The van der Waals surface area contributed by atoms with Gasteiger partial charge in [-0.3, -0.25) is 9.69 Å². The minimum Gasteiger partial charge on any atom is -0.367 e. The normalized spacial score (nSPS) is 15.5. The smallest absolute Gasteiger partial charge is 0.367 e. The number of alkyl halides is 3.